The van der Waals surface area contributed by atoms with E-state index in [9.17, 15) is 4.39 Å². The molecule has 1 aromatic rings. The predicted molar refractivity (Wildman–Crippen MR) is 88.8 cm³/mol. The van der Waals surface area contributed by atoms with Crippen LogP contribution in [0, 0.1) is 5.82 Å². The van der Waals surface area contributed by atoms with Crippen molar-refractivity contribution in [2.24, 2.45) is 0 Å². The highest BCUT2D eigenvalue weighted by atomic mass is 19.1. The molecule has 1 aliphatic heterocycles. The van der Waals surface area contributed by atoms with Gasteiger partial charge in [-0.2, -0.15) is 0 Å². The summed E-state index contributed by atoms with van der Waals surface area (Å²) < 4.78 is 25.6. The topological polar surface area (TPSA) is 56.5 Å². The smallest absolute Gasteiger partial charge is 0.400 e. The van der Waals surface area contributed by atoms with Gasteiger partial charge >= 0.3 is 7.12 Å². The molecule has 0 unspecified atom stereocenters. The number of nitrogens with two attached hydrogens (primary N) is 1. The molecular formula is C16H24BFN2O2. The normalized spacial score (nSPS) is 20.5. The maximum absolute atomic E-state index is 13.4. The Morgan fingerprint density at radius 1 is 1.27 bits per heavy atom. The van der Waals surface area contributed by atoms with Crippen molar-refractivity contribution in [2.75, 3.05) is 19.3 Å². The number of rotatable bonds is 4. The van der Waals surface area contributed by atoms with E-state index >= 15 is 0 Å². The molecule has 0 amide bonds. The highest BCUT2D eigenvalue weighted by Crippen LogP contribution is 2.38. The highest BCUT2D eigenvalue weighted by molar-refractivity contribution is 6.56. The minimum atomic E-state index is -0.486. The Balaban J connectivity index is 2.35. The number of halogens is 1. The molecule has 3 N–H and O–H groups in total. The highest BCUT2D eigenvalue weighted by Gasteiger charge is 2.52. The van der Waals surface area contributed by atoms with Crippen molar-refractivity contribution in [2.45, 2.75) is 38.9 Å². The van der Waals surface area contributed by atoms with Gasteiger partial charge in [0.25, 0.3) is 0 Å². The van der Waals surface area contributed by atoms with Crippen LogP contribution in [0.4, 0.5) is 10.1 Å². The zero-order valence-corrected chi connectivity index (χ0v) is 13.9. The average Bonchev–Trinajstić information content (AvgIpc) is 2.62. The predicted octanol–water partition coefficient (Wildman–Crippen LogP) is 2.64. The summed E-state index contributed by atoms with van der Waals surface area (Å²) in [7, 11) is 1.36. The molecular weight excluding hydrogens is 282 g/mol. The Bertz CT molecular complexity index is 572. The lowest BCUT2D eigenvalue weighted by molar-refractivity contribution is 0.00578. The van der Waals surface area contributed by atoms with Gasteiger partial charge in [-0.3, -0.25) is 0 Å². The number of nitrogen functional groups attached to an aromatic ring is 1. The van der Waals surface area contributed by atoms with E-state index in [0.29, 0.717) is 17.8 Å². The fraction of sp³-hybridized carbons (Fsp3) is 0.500. The first kappa shape index (κ1) is 17.0. The Morgan fingerprint density at radius 3 is 2.41 bits per heavy atom. The maximum Gasteiger partial charge on any atom is 0.491 e. The summed E-state index contributed by atoms with van der Waals surface area (Å²) in [6, 6.07) is 4.32. The lowest BCUT2D eigenvalue weighted by Gasteiger charge is -2.32. The SMILES string of the molecule is CNCC(=Cc1cc(F)ccc1N)B1OC(C)(C)C(C)(C)O1. The first-order valence-electron chi connectivity index (χ1n) is 7.42. The summed E-state index contributed by atoms with van der Waals surface area (Å²) in [6.07, 6.45) is 1.83. The Labute approximate surface area is 132 Å². The van der Waals surface area contributed by atoms with Crippen molar-refractivity contribution in [3.8, 4) is 0 Å². The average molecular weight is 306 g/mol. The van der Waals surface area contributed by atoms with Gasteiger partial charge in [0, 0.05) is 12.2 Å². The molecule has 0 atom stereocenters. The fourth-order valence-electron chi connectivity index (χ4n) is 2.27. The molecule has 0 aliphatic carbocycles. The van der Waals surface area contributed by atoms with Gasteiger partial charge in [0.15, 0.2) is 0 Å². The van der Waals surface area contributed by atoms with E-state index in [2.05, 4.69) is 5.32 Å². The Hall–Kier alpha value is -1.37. The van der Waals surface area contributed by atoms with E-state index in [1.807, 2.05) is 40.8 Å². The van der Waals surface area contributed by atoms with Crippen LogP contribution in [0.2, 0.25) is 0 Å². The third-order valence-corrected chi connectivity index (χ3v) is 4.33. The fourth-order valence-corrected chi connectivity index (χ4v) is 2.27. The summed E-state index contributed by atoms with van der Waals surface area (Å²) >= 11 is 0. The molecule has 1 fully saturated rings. The van der Waals surface area contributed by atoms with Crippen molar-refractivity contribution in [1.82, 2.24) is 5.32 Å². The largest absolute Gasteiger partial charge is 0.491 e. The summed E-state index contributed by atoms with van der Waals surface area (Å²) in [5.74, 6) is -0.321. The maximum atomic E-state index is 13.4. The number of hydrogen-bond donors (Lipinski definition) is 2. The van der Waals surface area contributed by atoms with E-state index in [1.54, 1.807) is 6.07 Å². The van der Waals surface area contributed by atoms with Crippen molar-refractivity contribution < 1.29 is 13.7 Å². The monoisotopic (exact) mass is 306 g/mol. The lowest BCUT2D eigenvalue weighted by Crippen LogP contribution is -2.41. The van der Waals surface area contributed by atoms with Crippen LogP contribution in [0.15, 0.2) is 23.7 Å². The van der Waals surface area contributed by atoms with E-state index in [0.717, 1.165) is 5.47 Å². The first-order chi connectivity index (χ1) is 10.2. The van der Waals surface area contributed by atoms with Crippen LogP contribution in [0.25, 0.3) is 6.08 Å². The number of nitrogens with one attached hydrogen (secondary N) is 1. The van der Waals surface area contributed by atoms with Gasteiger partial charge in [0.1, 0.15) is 5.82 Å². The number of likely N-dealkylation sites (N-methyl/N-ethyl adjacent to an activating group) is 1. The molecule has 22 heavy (non-hydrogen) atoms. The minimum Gasteiger partial charge on any atom is -0.400 e. The molecule has 0 bridgehead atoms. The third-order valence-electron chi connectivity index (χ3n) is 4.33. The second-order valence-electron chi connectivity index (χ2n) is 6.61. The molecule has 6 heteroatoms. The van der Waals surface area contributed by atoms with Crippen LogP contribution in [0.3, 0.4) is 0 Å². The zero-order chi connectivity index (χ0) is 16.5. The van der Waals surface area contributed by atoms with Gasteiger partial charge in [-0.15, -0.1) is 0 Å². The Kier molecular flexibility index (Phi) is 4.66. The van der Waals surface area contributed by atoms with Crippen LogP contribution in [-0.2, 0) is 9.31 Å². The first-order valence-corrected chi connectivity index (χ1v) is 7.42. The molecule has 120 valence electrons. The molecule has 0 aromatic heterocycles. The second kappa shape index (κ2) is 6.03. The van der Waals surface area contributed by atoms with Crippen molar-refractivity contribution in [1.29, 1.82) is 0 Å². The standard InChI is InChI=1S/C16H24BFN2O2/c1-15(2)16(3,4)22-17(21-15)12(10-20-5)8-11-9-13(18)6-7-14(11)19/h6-9,20H,10,19H2,1-5H3. The molecule has 1 heterocycles. The Morgan fingerprint density at radius 2 is 1.86 bits per heavy atom. The molecule has 0 spiro atoms. The zero-order valence-electron chi connectivity index (χ0n) is 13.9. The van der Waals surface area contributed by atoms with Gasteiger partial charge in [-0.1, -0.05) is 6.08 Å². The van der Waals surface area contributed by atoms with Crippen LogP contribution in [0.1, 0.15) is 33.3 Å². The summed E-state index contributed by atoms with van der Waals surface area (Å²) in [4.78, 5) is 0. The van der Waals surface area contributed by atoms with Gasteiger partial charge < -0.3 is 20.4 Å². The summed E-state index contributed by atoms with van der Waals surface area (Å²) in [5, 5.41) is 3.09. The number of hydrogen-bond acceptors (Lipinski definition) is 4. The van der Waals surface area contributed by atoms with Gasteiger partial charge in [-0.05, 0) is 64.0 Å². The van der Waals surface area contributed by atoms with Crippen molar-refractivity contribution >= 4 is 18.9 Å². The molecule has 0 saturated carbocycles. The summed E-state index contributed by atoms with van der Waals surface area (Å²) in [6.45, 7) is 8.56. The molecule has 4 nitrogen and oxygen atoms in total. The van der Waals surface area contributed by atoms with Crippen LogP contribution in [0.5, 0.6) is 0 Å². The van der Waals surface area contributed by atoms with Crippen LogP contribution >= 0.6 is 0 Å². The molecule has 1 aliphatic rings. The number of benzene rings is 1. The summed E-state index contributed by atoms with van der Waals surface area (Å²) in [5.41, 5.74) is 7.11. The molecule has 0 radical (unpaired) electrons. The number of anilines is 1. The van der Waals surface area contributed by atoms with Gasteiger partial charge in [0.2, 0.25) is 0 Å². The quantitative estimate of drug-likeness (QED) is 0.663. The van der Waals surface area contributed by atoms with Crippen molar-refractivity contribution in [3.05, 3.63) is 35.1 Å². The van der Waals surface area contributed by atoms with Crippen LogP contribution < -0.4 is 11.1 Å². The van der Waals surface area contributed by atoms with E-state index in [1.165, 1.54) is 12.1 Å². The van der Waals surface area contributed by atoms with E-state index in [-0.39, 0.29) is 5.82 Å². The van der Waals surface area contributed by atoms with E-state index < -0.39 is 18.3 Å². The molecule has 1 saturated heterocycles. The minimum absolute atomic E-state index is 0.321. The molecule has 2 rings (SSSR count). The molecule has 1 aromatic carbocycles. The second-order valence-corrected chi connectivity index (χ2v) is 6.61. The van der Waals surface area contributed by atoms with Crippen molar-refractivity contribution in [3.63, 3.8) is 0 Å². The lowest BCUT2D eigenvalue weighted by atomic mass is 9.77. The van der Waals surface area contributed by atoms with Gasteiger partial charge in [-0.25, -0.2) is 4.39 Å². The van der Waals surface area contributed by atoms with Gasteiger partial charge in [0.05, 0.1) is 11.2 Å². The third kappa shape index (κ3) is 3.34. The van der Waals surface area contributed by atoms with Crippen LogP contribution in [-0.4, -0.2) is 31.9 Å². The van der Waals surface area contributed by atoms with E-state index in [4.69, 9.17) is 15.0 Å².